The van der Waals surface area contributed by atoms with E-state index in [2.05, 4.69) is 0 Å². The van der Waals surface area contributed by atoms with Gasteiger partial charge < -0.3 is 9.84 Å². The number of aliphatic carboxylic acids is 1. The molecule has 2 fully saturated rings. The number of carbonyl (C=O) groups excluding carboxylic acids is 1. The zero-order valence-electron chi connectivity index (χ0n) is 16.2. The zero-order chi connectivity index (χ0) is 21.4. The molecule has 0 spiro atoms. The summed E-state index contributed by atoms with van der Waals surface area (Å²) in [7, 11) is 0. The van der Waals surface area contributed by atoms with Crippen LogP contribution in [-0.4, -0.2) is 16.9 Å². The largest absolute Gasteiger partial charge is 0.489 e. The van der Waals surface area contributed by atoms with Gasteiger partial charge in [-0.15, -0.1) is 0 Å². The molecular weight excluding hydrogens is 430 g/mol. The van der Waals surface area contributed by atoms with Crippen LogP contribution < -0.4 is 4.74 Å². The molecule has 2 atom stereocenters. The van der Waals surface area contributed by atoms with Crippen molar-refractivity contribution in [3.8, 4) is 5.75 Å². The van der Waals surface area contributed by atoms with Gasteiger partial charge in [0, 0.05) is 22.0 Å². The molecule has 7 heteroatoms. The quantitative estimate of drug-likeness (QED) is 0.504. The average Bonchev–Trinajstić information content (AvgIpc) is 3.40. The molecule has 2 aromatic rings. The minimum atomic E-state index is -0.992. The van der Waals surface area contributed by atoms with E-state index in [1.54, 1.807) is 24.3 Å². The number of carboxylic acids is 1. The summed E-state index contributed by atoms with van der Waals surface area (Å²) in [5, 5.41) is 10.4. The summed E-state index contributed by atoms with van der Waals surface area (Å²) >= 11 is 12.0. The fraction of sp³-hybridized carbons (Fsp3) is 0.391. The molecule has 0 bridgehead atoms. The summed E-state index contributed by atoms with van der Waals surface area (Å²) < 4.78 is 20.8. The predicted molar refractivity (Wildman–Crippen MR) is 112 cm³/mol. The predicted octanol–water partition coefficient (Wildman–Crippen LogP) is 6.27. The molecule has 2 saturated carbocycles. The molecule has 2 aliphatic rings. The number of halogens is 3. The van der Waals surface area contributed by atoms with Crippen molar-refractivity contribution in [2.45, 2.75) is 44.6 Å². The maximum atomic E-state index is 14.9. The molecule has 158 valence electrons. The Balaban J connectivity index is 1.60. The lowest BCUT2D eigenvalue weighted by molar-refractivity contribution is -0.142. The topological polar surface area (TPSA) is 63.6 Å². The van der Waals surface area contributed by atoms with Gasteiger partial charge in [-0.1, -0.05) is 29.6 Å². The van der Waals surface area contributed by atoms with Gasteiger partial charge in [0.2, 0.25) is 0 Å². The van der Waals surface area contributed by atoms with E-state index in [0.717, 1.165) is 24.0 Å². The van der Waals surface area contributed by atoms with Gasteiger partial charge in [0.05, 0.1) is 11.5 Å². The lowest BCUT2D eigenvalue weighted by Gasteiger charge is -2.18. The summed E-state index contributed by atoms with van der Waals surface area (Å²) in [6.07, 6.45) is 3.47. The number of benzene rings is 2. The van der Waals surface area contributed by atoms with Gasteiger partial charge in [-0.05, 0) is 67.0 Å². The Hall–Kier alpha value is -2.11. The van der Waals surface area contributed by atoms with Crippen molar-refractivity contribution < 1.29 is 23.8 Å². The van der Waals surface area contributed by atoms with Crippen molar-refractivity contribution in [3.05, 3.63) is 62.9 Å². The van der Waals surface area contributed by atoms with Crippen molar-refractivity contribution in [1.29, 1.82) is 0 Å². The van der Waals surface area contributed by atoms with Crippen LogP contribution >= 0.6 is 23.2 Å². The number of hydrogen-bond acceptors (Lipinski definition) is 3. The first-order valence-corrected chi connectivity index (χ1v) is 10.8. The maximum absolute atomic E-state index is 14.9. The van der Waals surface area contributed by atoms with Crippen molar-refractivity contribution in [2.24, 2.45) is 11.8 Å². The molecule has 0 amide bonds. The lowest BCUT2D eigenvalue weighted by Crippen LogP contribution is -2.26. The first-order valence-electron chi connectivity index (χ1n) is 10.0. The third-order valence-corrected chi connectivity index (χ3v) is 6.31. The summed E-state index contributed by atoms with van der Waals surface area (Å²) in [5.74, 6) is -2.91. The van der Waals surface area contributed by atoms with Crippen LogP contribution in [0.25, 0.3) is 0 Å². The SMILES string of the molecule is O=C(O)[C@@H]1CCC[C@H]1C(=O)c1cc(C2CC2)c(OCc2cc(Cl)cc(Cl)c2)cc1F. The Morgan fingerprint density at radius 2 is 1.67 bits per heavy atom. The third-order valence-electron chi connectivity index (χ3n) is 5.87. The normalized spacial score (nSPS) is 20.9. The molecule has 2 aromatic carbocycles. The van der Waals surface area contributed by atoms with Gasteiger partial charge in [-0.3, -0.25) is 9.59 Å². The van der Waals surface area contributed by atoms with Crippen LogP contribution in [0.4, 0.5) is 4.39 Å². The molecule has 0 unspecified atom stereocenters. The van der Waals surface area contributed by atoms with E-state index in [1.165, 1.54) is 6.07 Å². The van der Waals surface area contributed by atoms with Crippen molar-refractivity contribution in [3.63, 3.8) is 0 Å². The van der Waals surface area contributed by atoms with E-state index in [4.69, 9.17) is 27.9 Å². The molecular formula is C23H21Cl2FO4. The van der Waals surface area contributed by atoms with Crippen LogP contribution in [0.1, 0.15) is 59.5 Å². The lowest BCUT2D eigenvalue weighted by atomic mass is 9.87. The molecule has 0 radical (unpaired) electrons. The summed E-state index contributed by atoms with van der Waals surface area (Å²) in [5.41, 5.74) is 1.51. The molecule has 4 rings (SSSR count). The standard InChI is InChI=1S/C23H21Cl2FO4/c24-14-6-12(7-15(25)8-14)11-30-21-10-20(26)19(9-18(21)13-4-5-13)22(27)16-2-1-3-17(16)23(28)29/h6-10,13,16-17H,1-5,11H2,(H,28,29)/t16-,17-/m1/s1. The van der Waals surface area contributed by atoms with Gasteiger partial charge in [0.1, 0.15) is 18.2 Å². The van der Waals surface area contributed by atoms with Crippen LogP contribution in [0.2, 0.25) is 10.0 Å². The van der Waals surface area contributed by atoms with E-state index in [1.807, 2.05) is 0 Å². The van der Waals surface area contributed by atoms with E-state index in [-0.39, 0.29) is 18.1 Å². The highest BCUT2D eigenvalue weighted by molar-refractivity contribution is 6.34. The summed E-state index contributed by atoms with van der Waals surface area (Å²) in [6.45, 7) is 0.163. The minimum Gasteiger partial charge on any atom is -0.489 e. The molecule has 0 saturated heterocycles. The zero-order valence-corrected chi connectivity index (χ0v) is 17.7. The van der Waals surface area contributed by atoms with Crippen LogP contribution in [0, 0.1) is 17.7 Å². The Morgan fingerprint density at radius 1 is 1.00 bits per heavy atom. The van der Waals surface area contributed by atoms with E-state index in [9.17, 15) is 19.1 Å². The second kappa shape index (κ2) is 8.56. The maximum Gasteiger partial charge on any atom is 0.307 e. The molecule has 2 aliphatic carbocycles. The van der Waals surface area contributed by atoms with Crippen LogP contribution in [-0.2, 0) is 11.4 Å². The Bertz CT molecular complexity index is 983. The van der Waals surface area contributed by atoms with E-state index in [0.29, 0.717) is 35.1 Å². The second-order valence-electron chi connectivity index (χ2n) is 8.06. The molecule has 0 aromatic heterocycles. The van der Waals surface area contributed by atoms with Crippen LogP contribution in [0.5, 0.6) is 5.75 Å². The molecule has 0 heterocycles. The van der Waals surface area contributed by atoms with E-state index >= 15 is 0 Å². The van der Waals surface area contributed by atoms with E-state index < -0.39 is 29.4 Å². The Kier molecular flexibility index (Phi) is 6.03. The Labute approximate surface area is 183 Å². The first kappa shape index (κ1) is 21.1. The fourth-order valence-electron chi connectivity index (χ4n) is 4.22. The van der Waals surface area contributed by atoms with Gasteiger partial charge in [-0.25, -0.2) is 4.39 Å². The van der Waals surface area contributed by atoms with Crippen molar-refractivity contribution >= 4 is 35.0 Å². The van der Waals surface area contributed by atoms with Gasteiger partial charge in [0.25, 0.3) is 0 Å². The third kappa shape index (κ3) is 4.47. The average molecular weight is 451 g/mol. The summed E-state index contributed by atoms with van der Waals surface area (Å²) in [4.78, 5) is 24.4. The molecule has 4 nitrogen and oxygen atoms in total. The monoisotopic (exact) mass is 450 g/mol. The fourth-order valence-corrected chi connectivity index (χ4v) is 4.79. The van der Waals surface area contributed by atoms with Gasteiger partial charge in [0.15, 0.2) is 5.78 Å². The summed E-state index contributed by atoms with van der Waals surface area (Å²) in [6, 6.07) is 7.88. The van der Waals surface area contributed by atoms with Crippen LogP contribution in [0.15, 0.2) is 30.3 Å². The highest BCUT2D eigenvalue weighted by Gasteiger charge is 2.39. The number of ether oxygens (including phenoxy) is 1. The second-order valence-corrected chi connectivity index (χ2v) is 8.93. The van der Waals surface area contributed by atoms with Gasteiger partial charge >= 0.3 is 5.97 Å². The van der Waals surface area contributed by atoms with Crippen molar-refractivity contribution in [2.75, 3.05) is 0 Å². The molecule has 1 N–H and O–H groups in total. The molecule has 0 aliphatic heterocycles. The minimum absolute atomic E-state index is 0.0341. The smallest absolute Gasteiger partial charge is 0.307 e. The Morgan fingerprint density at radius 3 is 2.30 bits per heavy atom. The number of carbonyl (C=O) groups is 2. The number of Topliss-reactive ketones (excluding diaryl/α,β-unsaturated/α-hetero) is 1. The molecule has 30 heavy (non-hydrogen) atoms. The van der Waals surface area contributed by atoms with Crippen LogP contribution in [0.3, 0.4) is 0 Å². The van der Waals surface area contributed by atoms with Crippen molar-refractivity contribution in [1.82, 2.24) is 0 Å². The van der Waals surface area contributed by atoms with Gasteiger partial charge in [-0.2, -0.15) is 0 Å². The first-order chi connectivity index (χ1) is 14.3. The number of hydrogen-bond donors (Lipinski definition) is 1. The number of carboxylic acid groups (broad SMARTS) is 1. The number of ketones is 1. The highest BCUT2D eigenvalue weighted by Crippen LogP contribution is 2.46. The number of rotatable bonds is 7. The highest BCUT2D eigenvalue weighted by atomic mass is 35.5.